The maximum absolute atomic E-state index is 12.8. The Hall–Kier alpha value is -2.54. The van der Waals surface area contributed by atoms with Crippen LogP contribution in [0.15, 0.2) is 48.2 Å². The number of hydrogen-bond donors (Lipinski definition) is 1. The lowest BCUT2D eigenvalue weighted by Gasteiger charge is -2.32. The number of unbranched alkanes of at least 4 members (excludes halogenated alkanes) is 1. The van der Waals surface area contributed by atoms with Gasteiger partial charge in [-0.05, 0) is 93.8 Å². The molecule has 37 heavy (non-hydrogen) atoms. The molecule has 1 saturated heterocycles. The van der Waals surface area contributed by atoms with Crippen LogP contribution < -0.4 is 14.8 Å². The van der Waals surface area contributed by atoms with E-state index in [2.05, 4.69) is 10.2 Å². The van der Waals surface area contributed by atoms with Crippen molar-refractivity contribution in [2.24, 2.45) is 5.92 Å². The number of Topliss-reactive ketones (excluding diaryl/α,β-unsaturated/α-hetero) is 1. The van der Waals surface area contributed by atoms with Crippen molar-refractivity contribution in [1.29, 1.82) is 0 Å². The topological polar surface area (TPSA) is 67.9 Å². The molecule has 2 aromatic carbocycles. The summed E-state index contributed by atoms with van der Waals surface area (Å²) in [6.07, 6.45) is 9.07. The number of nitrogens with zero attached hydrogens (tertiary/aromatic N) is 1. The number of rotatable bonds is 10. The number of hydrogen-bond acceptors (Lipinski definition) is 5. The Labute approximate surface area is 227 Å². The minimum Gasteiger partial charge on any atom is -0.493 e. The van der Waals surface area contributed by atoms with Crippen LogP contribution >= 0.6 is 23.2 Å². The molecule has 8 heteroatoms. The van der Waals surface area contributed by atoms with Crippen LogP contribution in [0.2, 0.25) is 10.0 Å². The highest BCUT2D eigenvalue weighted by molar-refractivity contribution is 6.42. The summed E-state index contributed by atoms with van der Waals surface area (Å²) in [6, 6.07) is 10.6. The van der Waals surface area contributed by atoms with Crippen molar-refractivity contribution < 1.29 is 19.1 Å². The van der Waals surface area contributed by atoms with Crippen molar-refractivity contribution in [1.82, 2.24) is 10.2 Å². The monoisotopic (exact) mass is 542 g/mol. The van der Waals surface area contributed by atoms with E-state index in [0.717, 1.165) is 51.7 Å². The summed E-state index contributed by atoms with van der Waals surface area (Å²) < 4.78 is 11.8. The highest BCUT2D eigenvalue weighted by Gasteiger charge is 2.31. The molecule has 2 aliphatic heterocycles. The molecule has 0 aromatic heterocycles. The first-order chi connectivity index (χ1) is 18.0. The summed E-state index contributed by atoms with van der Waals surface area (Å²) in [5.41, 5.74) is 1.08. The molecule has 0 spiro atoms. The number of ketones is 1. The van der Waals surface area contributed by atoms with Gasteiger partial charge in [0.15, 0.2) is 5.76 Å². The molecule has 0 bridgehead atoms. The number of amides is 1. The van der Waals surface area contributed by atoms with Crippen molar-refractivity contribution >= 4 is 34.9 Å². The van der Waals surface area contributed by atoms with E-state index in [1.165, 1.54) is 12.8 Å². The number of benzene rings is 2. The average molecular weight is 543 g/mol. The zero-order valence-electron chi connectivity index (χ0n) is 20.8. The fraction of sp³-hybridized carbons (Fsp3) is 0.448. The van der Waals surface area contributed by atoms with Crippen LogP contribution in [0.5, 0.6) is 11.5 Å². The van der Waals surface area contributed by atoms with Crippen LogP contribution in [-0.2, 0) is 0 Å². The largest absolute Gasteiger partial charge is 0.493 e. The Morgan fingerprint density at radius 2 is 1.89 bits per heavy atom. The molecule has 2 heterocycles. The third-order valence-corrected chi connectivity index (χ3v) is 7.96. The number of carbonyl (C=O) groups is 2. The number of fused-ring (bicyclic) bond motifs is 1. The number of halogens is 2. The molecule has 1 N–H and O–H groups in total. The quantitative estimate of drug-likeness (QED) is 0.281. The van der Waals surface area contributed by atoms with Gasteiger partial charge in [-0.25, -0.2) is 0 Å². The van der Waals surface area contributed by atoms with E-state index in [1.54, 1.807) is 18.2 Å². The number of likely N-dealkylation sites (tertiary alicyclic amines) is 1. The molecule has 5 rings (SSSR count). The van der Waals surface area contributed by atoms with E-state index in [0.29, 0.717) is 51.0 Å². The molecule has 2 aromatic rings. The SMILES string of the molecule is O=C(NC1CCN(CCCCOc2cccc3c2C(=O)/C(=C\CC2CC2)O3)CC1)c1ccc(Cl)c(Cl)c1. The van der Waals surface area contributed by atoms with E-state index in [4.69, 9.17) is 32.7 Å². The van der Waals surface area contributed by atoms with Crippen LogP contribution in [0, 0.1) is 5.92 Å². The predicted molar refractivity (Wildman–Crippen MR) is 145 cm³/mol. The minimum absolute atomic E-state index is 0.0691. The average Bonchev–Trinajstić information content (AvgIpc) is 3.67. The first-order valence-electron chi connectivity index (χ1n) is 13.1. The van der Waals surface area contributed by atoms with Crippen molar-refractivity contribution in [3.05, 3.63) is 69.4 Å². The van der Waals surface area contributed by atoms with Crippen LogP contribution in [0.1, 0.15) is 65.7 Å². The Kier molecular flexibility index (Phi) is 8.38. The van der Waals surface area contributed by atoms with Gasteiger partial charge in [0, 0.05) is 24.7 Å². The fourth-order valence-corrected chi connectivity index (χ4v) is 5.11. The third-order valence-electron chi connectivity index (χ3n) is 7.22. The van der Waals surface area contributed by atoms with Crippen LogP contribution in [-0.4, -0.2) is 48.9 Å². The molecular formula is C29H32Cl2N2O4. The maximum atomic E-state index is 12.8. The van der Waals surface area contributed by atoms with Gasteiger partial charge < -0.3 is 19.7 Å². The zero-order valence-corrected chi connectivity index (χ0v) is 22.3. The normalized spacial score (nSPS) is 19.1. The van der Waals surface area contributed by atoms with Crippen LogP contribution in [0.25, 0.3) is 0 Å². The van der Waals surface area contributed by atoms with Gasteiger partial charge in [-0.15, -0.1) is 0 Å². The van der Waals surface area contributed by atoms with Crippen LogP contribution in [0.3, 0.4) is 0 Å². The molecule has 1 saturated carbocycles. The zero-order chi connectivity index (χ0) is 25.8. The van der Waals surface area contributed by atoms with Gasteiger partial charge in [-0.1, -0.05) is 29.3 Å². The number of carbonyl (C=O) groups excluding carboxylic acids is 2. The molecule has 1 amide bonds. The number of ether oxygens (including phenoxy) is 2. The van der Waals surface area contributed by atoms with Gasteiger partial charge in [0.25, 0.3) is 5.91 Å². The Morgan fingerprint density at radius 1 is 1.08 bits per heavy atom. The van der Waals surface area contributed by atoms with E-state index in [-0.39, 0.29) is 17.7 Å². The summed E-state index contributed by atoms with van der Waals surface area (Å²) in [5.74, 6) is 2.17. The van der Waals surface area contributed by atoms with Gasteiger partial charge in [0.05, 0.1) is 16.7 Å². The van der Waals surface area contributed by atoms with Gasteiger partial charge >= 0.3 is 0 Å². The van der Waals surface area contributed by atoms with E-state index >= 15 is 0 Å². The molecule has 2 fully saturated rings. The third kappa shape index (κ3) is 6.67. The summed E-state index contributed by atoms with van der Waals surface area (Å²) in [7, 11) is 0. The van der Waals surface area contributed by atoms with Crippen molar-refractivity contribution in [2.45, 2.75) is 51.0 Å². The molecule has 196 valence electrons. The molecule has 6 nitrogen and oxygen atoms in total. The van der Waals surface area contributed by atoms with Gasteiger partial charge in [-0.3, -0.25) is 9.59 Å². The number of allylic oxidation sites excluding steroid dienone is 2. The second-order valence-electron chi connectivity index (χ2n) is 10.1. The lowest BCUT2D eigenvalue weighted by Crippen LogP contribution is -2.44. The molecular weight excluding hydrogens is 511 g/mol. The maximum Gasteiger partial charge on any atom is 0.251 e. The first-order valence-corrected chi connectivity index (χ1v) is 13.9. The van der Waals surface area contributed by atoms with Gasteiger partial charge in [0.2, 0.25) is 5.78 Å². The second kappa shape index (κ2) is 11.9. The fourth-order valence-electron chi connectivity index (χ4n) is 4.82. The number of piperidine rings is 1. The van der Waals surface area contributed by atoms with Crippen molar-refractivity contribution in [3.63, 3.8) is 0 Å². The Balaban J connectivity index is 1.01. The smallest absolute Gasteiger partial charge is 0.251 e. The highest BCUT2D eigenvalue weighted by atomic mass is 35.5. The molecule has 3 aliphatic rings. The molecule has 0 atom stereocenters. The van der Waals surface area contributed by atoms with Crippen molar-refractivity contribution in [2.75, 3.05) is 26.2 Å². The first kappa shape index (κ1) is 26.1. The Morgan fingerprint density at radius 3 is 2.65 bits per heavy atom. The summed E-state index contributed by atoms with van der Waals surface area (Å²) in [6.45, 7) is 3.43. The van der Waals surface area contributed by atoms with E-state index in [9.17, 15) is 9.59 Å². The molecule has 0 unspecified atom stereocenters. The lowest BCUT2D eigenvalue weighted by molar-refractivity contribution is 0.0909. The second-order valence-corrected chi connectivity index (χ2v) is 10.9. The minimum atomic E-state index is -0.115. The Bertz CT molecular complexity index is 1190. The lowest BCUT2D eigenvalue weighted by atomic mass is 10.0. The van der Waals surface area contributed by atoms with Gasteiger partial charge in [0.1, 0.15) is 17.1 Å². The standard InChI is InChI=1S/C29H32Cl2N2O4/c30-22-10-9-20(18-23(22)31)29(35)32-21-12-15-33(16-13-21)14-1-2-17-36-24-4-3-5-25-27(24)28(34)26(37-25)11-8-19-6-7-19/h3-5,9-11,18-19,21H,1-2,6-8,12-17H2,(H,32,35)/b26-11+. The highest BCUT2D eigenvalue weighted by Crippen LogP contribution is 2.39. The van der Waals surface area contributed by atoms with Crippen molar-refractivity contribution in [3.8, 4) is 11.5 Å². The predicted octanol–water partition coefficient (Wildman–Crippen LogP) is 6.31. The van der Waals surface area contributed by atoms with E-state index < -0.39 is 0 Å². The summed E-state index contributed by atoms with van der Waals surface area (Å²) >= 11 is 12.0. The molecule has 1 aliphatic carbocycles. The summed E-state index contributed by atoms with van der Waals surface area (Å²) in [4.78, 5) is 27.8. The van der Waals surface area contributed by atoms with Gasteiger partial charge in [-0.2, -0.15) is 0 Å². The number of nitrogens with one attached hydrogen (secondary N) is 1. The summed E-state index contributed by atoms with van der Waals surface area (Å²) in [5, 5.41) is 3.94. The molecule has 0 radical (unpaired) electrons. The van der Waals surface area contributed by atoms with Crippen LogP contribution in [0.4, 0.5) is 0 Å². The van der Waals surface area contributed by atoms with E-state index in [1.807, 2.05) is 24.3 Å².